The van der Waals surface area contributed by atoms with Crippen LogP contribution in [0.3, 0.4) is 0 Å². The van der Waals surface area contributed by atoms with Gasteiger partial charge in [0.2, 0.25) is 0 Å². The summed E-state index contributed by atoms with van der Waals surface area (Å²) >= 11 is 0. The van der Waals surface area contributed by atoms with Crippen LogP contribution in [0.2, 0.25) is 0 Å². The first-order valence-corrected chi connectivity index (χ1v) is 3.90. The van der Waals surface area contributed by atoms with Crippen molar-refractivity contribution in [3.63, 3.8) is 0 Å². The standard InChI is InChI=1S/C8H12N2O/c1-10-3-8(9-5-10)7-2-6(7)4-11/h3,5-7,11H,2,4H2,1H3. The third kappa shape index (κ3) is 1.16. The molecule has 0 aromatic carbocycles. The molecule has 1 heterocycles. The summed E-state index contributed by atoms with van der Waals surface area (Å²) in [5, 5.41) is 8.81. The Hall–Kier alpha value is -0.830. The molecule has 0 spiro atoms. The van der Waals surface area contributed by atoms with Crippen molar-refractivity contribution in [1.29, 1.82) is 0 Å². The van der Waals surface area contributed by atoms with Crippen molar-refractivity contribution in [1.82, 2.24) is 9.55 Å². The Morgan fingerprint density at radius 1 is 1.82 bits per heavy atom. The molecule has 1 N–H and O–H groups in total. The molecule has 1 aromatic heterocycles. The fourth-order valence-corrected chi connectivity index (χ4v) is 1.44. The van der Waals surface area contributed by atoms with Crippen LogP contribution < -0.4 is 0 Å². The number of aliphatic hydroxyl groups is 1. The third-order valence-corrected chi connectivity index (χ3v) is 2.26. The van der Waals surface area contributed by atoms with E-state index in [0.29, 0.717) is 18.4 Å². The molecule has 2 unspecified atom stereocenters. The van der Waals surface area contributed by atoms with E-state index in [1.165, 1.54) is 0 Å². The van der Waals surface area contributed by atoms with Gasteiger partial charge in [-0.3, -0.25) is 0 Å². The molecule has 11 heavy (non-hydrogen) atoms. The second kappa shape index (κ2) is 2.34. The van der Waals surface area contributed by atoms with Crippen molar-refractivity contribution >= 4 is 0 Å². The number of hydrogen-bond acceptors (Lipinski definition) is 2. The maximum atomic E-state index is 8.81. The first kappa shape index (κ1) is 6.85. The Kier molecular flexibility index (Phi) is 1.46. The molecule has 1 aliphatic rings. The SMILES string of the molecule is Cn1cnc(C2CC2CO)c1. The highest BCUT2D eigenvalue weighted by molar-refractivity contribution is 5.14. The second-order valence-electron chi connectivity index (χ2n) is 3.25. The minimum atomic E-state index is 0.307. The highest BCUT2D eigenvalue weighted by Crippen LogP contribution is 2.45. The van der Waals surface area contributed by atoms with Crippen LogP contribution in [0.5, 0.6) is 0 Å². The van der Waals surface area contributed by atoms with Gasteiger partial charge < -0.3 is 9.67 Å². The summed E-state index contributed by atoms with van der Waals surface area (Å²) in [5.41, 5.74) is 1.13. The molecule has 1 aromatic rings. The van der Waals surface area contributed by atoms with Crippen molar-refractivity contribution in [2.24, 2.45) is 13.0 Å². The monoisotopic (exact) mass is 152 g/mol. The van der Waals surface area contributed by atoms with E-state index in [9.17, 15) is 0 Å². The molecule has 1 saturated carbocycles. The van der Waals surface area contributed by atoms with E-state index in [0.717, 1.165) is 12.1 Å². The van der Waals surface area contributed by atoms with E-state index in [2.05, 4.69) is 4.98 Å². The number of hydrogen-bond donors (Lipinski definition) is 1. The number of imidazole rings is 1. The molecule has 60 valence electrons. The number of aromatic nitrogens is 2. The van der Waals surface area contributed by atoms with Gasteiger partial charge in [0.1, 0.15) is 0 Å². The largest absolute Gasteiger partial charge is 0.396 e. The Morgan fingerprint density at radius 2 is 2.64 bits per heavy atom. The van der Waals surface area contributed by atoms with Crippen LogP contribution >= 0.6 is 0 Å². The lowest BCUT2D eigenvalue weighted by Gasteiger charge is -1.89. The van der Waals surface area contributed by atoms with Gasteiger partial charge in [-0.15, -0.1) is 0 Å². The molecule has 2 atom stereocenters. The van der Waals surface area contributed by atoms with E-state index in [4.69, 9.17) is 5.11 Å². The van der Waals surface area contributed by atoms with Crippen molar-refractivity contribution in [3.8, 4) is 0 Å². The van der Waals surface area contributed by atoms with Gasteiger partial charge in [0, 0.05) is 25.8 Å². The predicted octanol–water partition coefficient (Wildman–Crippen LogP) is 0.516. The van der Waals surface area contributed by atoms with Gasteiger partial charge in [0.05, 0.1) is 12.0 Å². The fourth-order valence-electron chi connectivity index (χ4n) is 1.44. The highest BCUT2D eigenvalue weighted by atomic mass is 16.3. The Labute approximate surface area is 65.7 Å². The molecule has 0 saturated heterocycles. The molecule has 1 aliphatic carbocycles. The van der Waals surface area contributed by atoms with E-state index >= 15 is 0 Å². The van der Waals surface area contributed by atoms with Crippen molar-refractivity contribution in [3.05, 3.63) is 18.2 Å². The van der Waals surface area contributed by atoms with Crippen molar-refractivity contribution < 1.29 is 5.11 Å². The van der Waals surface area contributed by atoms with Crippen LogP contribution in [-0.2, 0) is 7.05 Å². The van der Waals surface area contributed by atoms with Crippen LogP contribution in [0.25, 0.3) is 0 Å². The molecule has 1 fully saturated rings. The second-order valence-corrected chi connectivity index (χ2v) is 3.25. The molecule has 3 nitrogen and oxygen atoms in total. The maximum absolute atomic E-state index is 8.81. The zero-order valence-electron chi connectivity index (χ0n) is 6.57. The van der Waals surface area contributed by atoms with Crippen molar-refractivity contribution in [2.45, 2.75) is 12.3 Å². The minimum Gasteiger partial charge on any atom is -0.396 e. The van der Waals surface area contributed by atoms with Gasteiger partial charge in [0.15, 0.2) is 0 Å². The molecule has 2 rings (SSSR count). The fraction of sp³-hybridized carbons (Fsp3) is 0.625. The smallest absolute Gasteiger partial charge is 0.0946 e. The van der Waals surface area contributed by atoms with Crippen LogP contribution in [-0.4, -0.2) is 21.3 Å². The molecule has 0 amide bonds. The predicted molar refractivity (Wildman–Crippen MR) is 41.1 cm³/mol. The summed E-state index contributed by atoms with van der Waals surface area (Å²) < 4.78 is 1.95. The maximum Gasteiger partial charge on any atom is 0.0946 e. The van der Waals surface area contributed by atoms with E-state index < -0.39 is 0 Å². The van der Waals surface area contributed by atoms with Crippen LogP contribution in [0.4, 0.5) is 0 Å². The lowest BCUT2D eigenvalue weighted by atomic mass is 10.2. The summed E-state index contributed by atoms with van der Waals surface area (Å²) in [6.07, 6.45) is 4.94. The van der Waals surface area contributed by atoms with Crippen LogP contribution in [0, 0.1) is 5.92 Å². The Balaban J connectivity index is 2.08. The number of aryl methyl sites for hydroxylation is 1. The van der Waals surface area contributed by atoms with Gasteiger partial charge >= 0.3 is 0 Å². The first-order chi connectivity index (χ1) is 5.31. The lowest BCUT2D eigenvalue weighted by Crippen LogP contribution is -1.88. The van der Waals surface area contributed by atoms with Gasteiger partial charge in [-0.05, 0) is 12.3 Å². The molecule has 0 radical (unpaired) electrons. The number of nitrogens with zero attached hydrogens (tertiary/aromatic N) is 2. The Morgan fingerprint density at radius 3 is 3.09 bits per heavy atom. The average molecular weight is 152 g/mol. The van der Waals surface area contributed by atoms with Crippen LogP contribution in [0.1, 0.15) is 18.0 Å². The van der Waals surface area contributed by atoms with E-state index in [1.807, 2.05) is 24.1 Å². The summed E-state index contributed by atoms with van der Waals surface area (Å²) in [7, 11) is 1.97. The molecule has 0 bridgehead atoms. The zero-order chi connectivity index (χ0) is 7.84. The minimum absolute atomic E-state index is 0.307. The van der Waals surface area contributed by atoms with Gasteiger partial charge in [0.25, 0.3) is 0 Å². The summed E-state index contributed by atoms with van der Waals surface area (Å²) in [6, 6.07) is 0. The van der Waals surface area contributed by atoms with Gasteiger partial charge in [-0.1, -0.05) is 0 Å². The Bertz CT molecular complexity index is 256. The summed E-state index contributed by atoms with van der Waals surface area (Å²) in [6.45, 7) is 0.307. The lowest BCUT2D eigenvalue weighted by molar-refractivity contribution is 0.273. The van der Waals surface area contributed by atoms with Crippen LogP contribution in [0.15, 0.2) is 12.5 Å². The summed E-state index contributed by atoms with van der Waals surface area (Å²) in [5.74, 6) is 1.01. The molecule has 3 heteroatoms. The molecular weight excluding hydrogens is 140 g/mol. The van der Waals surface area contributed by atoms with E-state index in [1.54, 1.807) is 0 Å². The first-order valence-electron chi connectivity index (χ1n) is 3.90. The number of rotatable bonds is 2. The zero-order valence-corrected chi connectivity index (χ0v) is 6.57. The van der Waals surface area contributed by atoms with E-state index in [-0.39, 0.29) is 0 Å². The average Bonchev–Trinajstić information content (AvgIpc) is 2.68. The van der Waals surface area contributed by atoms with Crippen molar-refractivity contribution in [2.75, 3.05) is 6.61 Å². The van der Waals surface area contributed by atoms with Gasteiger partial charge in [-0.2, -0.15) is 0 Å². The normalized spacial score (nSPS) is 28.9. The molecular formula is C8H12N2O. The topological polar surface area (TPSA) is 38.0 Å². The highest BCUT2D eigenvalue weighted by Gasteiger charge is 2.38. The quantitative estimate of drug-likeness (QED) is 0.670. The summed E-state index contributed by atoms with van der Waals surface area (Å²) in [4.78, 5) is 4.23. The third-order valence-electron chi connectivity index (χ3n) is 2.26. The number of aliphatic hydroxyl groups excluding tert-OH is 1. The van der Waals surface area contributed by atoms with Gasteiger partial charge in [-0.25, -0.2) is 4.98 Å². The molecule has 0 aliphatic heterocycles.